The van der Waals surface area contributed by atoms with Crippen LogP contribution in [0.5, 0.6) is 5.75 Å². The van der Waals surface area contributed by atoms with E-state index in [1.54, 1.807) is 36.7 Å². The highest BCUT2D eigenvalue weighted by atomic mass is 32.2. The van der Waals surface area contributed by atoms with Crippen molar-refractivity contribution in [2.75, 3.05) is 19.4 Å². The summed E-state index contributed by atoms with van der Waals surface area (Å²) in [5.74, 6) is -0.105. The third-order valence-electron chi connectivity index (χ3n) is 2.56. The summed E-state index contributed by atoms with van der Waals surface area (Å²) in [4.78, 5) is 11.3. The minimum atomic E-state index is -4.44. The summed E-state index contributed by atoms with van der Waals surface area (Å²) in [6.07, 6.45) is -4.44. The van der Waals surface area contributed by atoms with Crippen LogP contribution in [-0.4, -0.2) is 41.7 Å². The fourth-order valence-corrected chi connectivity index (χ4v) is 2.09. The van der Waals surface area contributed by atoms with E-state index in [9.17, 15) is 18.0 Å². The molecule has 1 aromatic heterocycles. The highest BCUT2D eigenvalue weighted by molar-refractivity contribution is 7.99. The van der Waals surface area contributed by atoms with E-state index in [-0.39, 0.29) is 16.9 Å². The van der Waals surface area contributed by atoms with Crippen molar-refractivity contribution < 1.29 is 27.1 Å². The summed E-state index contributed by atoms with van der Waals surface area (Å²) >= 11 is 0.858. The molecule has 0 atom stereocenters. The van der Waals surface area contributed by atoms with Gasteiger partial charge in [0.2, 0.25) is 11.8 Å². The number of carbonyl (C=O) groups is 1. The number of carbonyl (C=O) groups excluding carboxylic acids is 1. The molecule has 23 heavy (non-hydrogen) atoms. The van der Waals surface area contributed by atoms with Crippen molar-refractivity contribution in [1.82, 2.24) is 15.5 Å². The second-order valence-electron chi connectivity index (χ2n) is 4.28. The SMILES string of the molecule is COc1ccc(-c2nnc(SCC(=O)NCC(F)(F)F)o2)cc1. The summed E-state index contributed by atoms with van der Waals surface area (Å²) in [5, 5.41) is 9.39. The van der Waals surface area contributed by atoms with Gasteiger partial charge in [-0.1, -0.05) is 11.8 Å². The van der Waals surface area contributed by atoms with Gasteiger partial charge >= 0.3 is 6.18 Å². The molecule has 1 aromatic carbocycles. The van der Waals surface area contributed by atoms with Gasteiger partial charge in [-0.05, 0) is 24.3 Å². The Labute approximate surface area is 133 Å². The van der Waals surface area contributed by atoms with Gasteiger partial charge in [-0.25, -0.2) is 0 Å². The van der Waals surface area contributed by atoms with E-state index < -0.39 is 18.6 Å². The molecule has 0 bridgehead atoms. The molecule has 2 rings (SSSR count). The number of benzene rings is 1. The van der Waals surface area contributed by atoms with Crippen LogP contribution >= 0.6 is 11.8 Å². The maximum Gasteiger partial charge on any atom is 0.405 e. The molecule has 1 N–H and O–H groups in total. The van der Waals surface area contributed by atoms with Crippen LogP contribution < -0.4 is 10.1 Å². The van der Waals surface area contributed by atoms with Crippen LogP contribution in [0.4, 0.5) is 13.2 Å². The molecule has 0 radical (unpaired) electrons. The van der Waals surface area contributed by atoms with Crippen molar-refractivity contribution >= 4 is 17.7 Å². The summed E-state index contributed by atoms with van der Waals surface area (Å²) < 4.78 is 46.2. The molecule has 1 heterocycles. The van der Waals surface area contributed by atoms with Crippen LogP contribution in [-0.2, 0) is 4.79 Å². The Bertz CT molecular complexity index is 658. The van der Waals surface area contributed by atoms with Crippen molar-refractivity contribution in [2.45, 2.75) is 11.4 Å². The molecule has 2 aromatic rings. The van der Waals surface area contributed by atoms with E-state index in [2.05, 4.69) is 10.2 Å². The molecule has 10 heteroatoms. The summed E-state index contributed by atoms with van der Waals surface area (Å²) in [6, 6.07) is 6.88. The van der Waals surface area contributed by atoms with Gasteiger partial charge in [0.15, 0.2) is 0 Å². The lowest BCUT2D eigenvalue weighted by molar-refractivity contribution is -0.136. The Hall–Kier alpha value is -2.23. The van der Waals surface area contributed by atoms with Crippen LogP contribution in [0.15, 0.2) is 33.9 Å². The standard InChI is InChI=1S/C13H12F3N3O3S/c1-21-9-4-2-8(3-5-9)11-18-19-12(22-11)23-6-10(20)17-7-13(14,15)16/h2-5H,6-7H2,1H3,(H,17,20). The number of hydrogen-bond donors (Lipinski definition) is 1. The van der Waals surface area contributed by atoms with Gasteiger partial charge in [-0.3, -0.25) is 4.79 Å². The lowest BCUT2D eigenvalue weighted by Gasteiger charge is -2.06. The fourth-order valence-electron chi connectivity index (χ4n) is 1.50. The number of ether oxygens (including phenoxy) is 1. The largest absolute Gasteiger partial charge is 0.497 e. The van der Waals surface area contributed by atoms with Crippen molar-refractivity contribution in [2.24, 2.45) is 0 Å². The molecule has 0 aliphatic carbocycles. The van der Waals surface area contributed by atoms with E-state index in [1.807, 2.05) is 0 Å². The molecule has 0 saturated heterocycles. The van der Waals surface area contributed by atoms with E-state index in [1.165, 1.54) is 0 Å². The Morgan fingerprint density at radius 2 is 2.00 bits per heavy atom. The fraction of sp³-hybridized carbons (Fsp3) is 0.308. The van der Waals surface area contributed by atoms with Crippen molar-refractivity contribution in [3.63, 3.8) is 0 Å². The second-order valence-corrected chi connectivity index (χ2v) is 5.21. The first kappa shape index (κ1) is 17.1. The minimum absolute atomic E-state index is 0.0953. The first-order chi connectivity index (χ1) is 10.9. The number of nitrogens with zero attached hydrogens (tertiary/aromatic N) is 2. The highest BCUT2D eigenvalue weighted by Gasteiger charge is 2.27. The Morgan fingerprint density at radius 3 is 2.61 bits per heavy atom. The number of nitrogens with one attached hydrogen (secondary N) is 1. The van der Waals surface area contributed by atoms with E-state index in [0.717, 1.165) is 11.8 Å². The topological polar surface area (TPSA) is 77.2 Å². The van der Waals surface area contributed by atoms with Gasteiger partial charge in [0.25, 0.3) is 5.22 Å². The number of rotatable bonds is 6. The Balaban J connectivity index is 1.88. The molecule has 6 nitrogen and oxygen atoms in total. The number of methoxy groups -OCH3 is 1. The number of alkyl halides is 3. The zero-order valence-corrected chi connectivity index (χ0v) is 12.7. The lowest BCUT2D eigenvalue weighted by Crippen LogP contribution is -2.34. The van der Waals surface area contributed by atoms with Gasteiger partial charge in [-0.15, -0.1) is 10.2 Å². The molecular formula is C13H12F3N3O3S. The average molecular weight is 347 g/mol. The van der Waals surface area contributed by atoms with Crippen molar-refractivity contribution in [3.8, 4) is 17.2 Å². The third kappa shape index (κ3) is 5.47. The van der Waals surface area contributed by atoms with E-state index in [4.69, 9.17) is 9.15 Å². The van der Waals surface area contributed by atoms with Crippen molar-refractivity contribution in [3.05, 3.63) is 24.3 Å². The minimum Gasteiger partial charge on any atom is -0.497 e. The van der Waals surface area contributed by atoms with Crippen LogP contribution in [0, 0.1) is 0 Å². The predicted molar refractivity (Wildman–Crippen MR) is 76.1 cm³/mol. The number of hydrogen-bond acceptors (Lipinski definition) is 6. The number of aromatic nitrogens is 2. The molecule has 0 fully saturated rings. The molecule has 0 aliphatic rings. The normalized spacial score (nSPS) is 11.3. The first-order valence-corrected chi connectivity index (χ1v) is 7.30. The maximum atomic E-state index is 12.0. The number of thioether (sulfide) groups is 1. The summed E-state index contributed by atoms with van der Waals surface area (Å²) in [7, 11) is 1.54. The molecule has 1 amide bonds. The quantitative estimate of drug-likeness (QED) is 0.809. The van der Waals surface area contributed by atoms with Crippen LogP contribution in [0.3, 0.4) is 0 Å². The zero-order chi connectivity index (χ0) is 16.9. The Morgan fingerprint density at radius 1 is 1.30 bits per heavy atom. The summed E-state index contributed by atoms with van der Waals surface area (Å²) in [5.41, 5.74) is 0.659. The van der Waals surface area contributed by atoms with Crippen LogP contribution in [0.2, 0.25) is 0 Å². The molecule has 0 unspecified atom stereocenters. The zero-order valence-electron chi connectivity index (χ0n) is 11.9. The Kier molecular flexibility index (Phi) is 5.48. The lowest BCUT2D eigenvalue weighted by atomic mass is 10.2. The van der Waals surface area contributed by atoms with Crippen molar-refractivity contribution in [1.29, 1.82) is 0 Å². The monoisotopic (exact) mass is 347 g/mol. The predicted octanol–water partition coefficient (Wildman–Crippen LogP) is 2.52. The van der Waals surface area contributed by atoms with Crippen LogP contribution in [0.1, 0.15) is 0 Å². The van der Waals surface area contributed by atoms with Gasteiger partial charge in [-0.2, -0.15) is 13.2 Å². The number of halogens is 3. The molecular weight excluding hydrogens is 335 g/mol. The van der Waals surface area contributed by atoms with Gasteiger partial charge < -0.3 is 14.5 Å². The van der Waals surface area contributed by atoms with Gasteiger partial charge in [0.1, 0.15) is 12.3 Å². The molecule has 0 spiro atoms. The van der Waals surface area contributed by atoms with Gasteiger partial charge in [0, 0.05) is 5.56 Å². The summed E-state index contributed by atoms with van der Waals surface area (Å²) in [6.45, 7) is -1.37. The maximum absolute atomic E-state index is 12.0. The van der Waals surface area contributed by atoms with E-state index in [0.29, 0.717) is 11.3 Å². The third-order valence-corrected chi connectivity index (χ3v) is 3.37. The first-order valence-electron chi connectivity index (χ1n) is 6.31. The van der Waals surface area contributed by atoms with Gasteiger partial charge in [0.05, 0.1) is 12.9 Å². The second kappa shape index (κ2) is 7.36. The average Bonchev–Trinajstić information content (AvgIpc) is 2.99. The number of amides is 1. The van der Waals surface area contributed by atoms with Crippen LogP contribution in [0.25, 0.3) is 11.5 Å². The molecule has 124 valence electrons. The van der Waals surface area contributed by atoms with E-state index >= 15 is 0 Å². The smallest absolute Gasteiger partial charge is 0.405 e. The molecule has 0 aliphatic heterocycles. The molecule has 0 saturated carbocycles. The highest BCUT2D eigenvalue weighted by Crippen LogP contribution is 2.24.